The average Bonchev–Trinajstić information content (AvgIpc) is 2.95. The summed E-state index contributed by atoms with van der Waals surface area (Å²) in [7, 11) is 0. The molecule has 0 saturated heterocycles. The van der Waals surface area contributed by atoms with Crippen molar-refractivity contribution in [2.75, 3.05) is 0 Å². The molecule has 0 fully saturated rings. The third-order valence-corrected chi connectivity index (χ3v) is 2.60. The highest BCUT2D eigenvalue weighted by molar-refractivity contribution is 5.78. The van der Waals surface area contributed by atoms with Crippen LogP contribution in [-0.2, 0) is 6.54 Å². The van der Waals surface area contributed by atoms with Gasteiger partial charge < -0.3 is 4.98 Å². The third kappa shape index (κ3) is 1.39. The minimum Gasteiger partial charge on any atom is -0.337 e. The SMILES string of the molecule is CCn1ccc(-c2nc3ccccc3[nH]2)n1. The second kappa shape index (κ2) is 3.48. The molecule has 4 heteroatoms. The molecule has 0 radical (unpaired) electrons. The summed E-state index contributed by atoms with van der Waals surface area (Å²) in [6, 6.07) is 9.96. The van der Waals surface area contributed by atoms with E-state index in [1.54, 1.807) is 0 Å². The molecular weight excluding hydrogens is 200 g/mol. The number of fused-ring (bicyclic) bond motifs is 1. The summed E-state index contributed by atoms with van der Waals surface area (Å²) in [6.45, 7) is 2.94. The van der Waals surface area contributed by atoms with Gasteiger partial charge in [-0.1, -0.05) is 12.1 Å². The summed E-state index contributed by atoms with van der Waals surface area (Å²) in [5.74, 6) is 0.827. The number of rotatable bonds is 2. The van der Waals surface area contributed by atoms with E-state index in [0.29, 0.717) is 0 Å². The number of benzene rings is 1. The molecule has 0 unspecified atom stereocenters. The monoisotopic (exact) mass is 212 g/mol. The molecule has 3 rings (SSSR count). The van der Waals surface area contributed by atoms with Crippen LogP contribution >= 0.6 is 0 Å². The number of nitrogens with zero attached hydrogens (tertiary/aromatic N) is 3. The molecule has 1 N–H and O–H groups in total. The molecule has 0 aliphatic heterocycles. The standard InChI is InChI=1S/C12H12N4/c1-2-16-8-7-11(15-16)12-13-9-5-3-4-6-10(9)14-12/h3-8H,2H2,1H3,(H,13,14). The first-order chi connectivity index (χ1) is 7.86. The van der Waals surface area contributed by atoms with E-state index in [-0.39, 0.29) is 0 Å². The first-order valence-electron chi connectivity index (χ1n) is 5.35. The van der Waals surface area contributed by atoms with Gasteiger partial charge in [0.1, 0.15) is 5.69 Å². The quantitative estimate of drug-likeness (QED) is 0.709. The molecule has 0 bridgehead atoms. The fourth-order valence-corrected chi connectivity index (χ4v) is 1.74. The van der Waals surface area contributed by atoms with Crippen LogP contribution < -0.4 is 0 Å². The van der Waals surface area contributed by atoms with Gasteiger partial charge in [-0.3, -0.25) is 4.68 Å². The van der Waals surface area contributed by atoms with Gasteiger partial charge in [-0.25, -0.2) is 4.98 Å². The van der Waals surface area contributed by atoms with E-state index >= 15 is 0 Å². The summed E-state index contributed by atoms with van der Waals surface area (Å²) in [5, 5.41) is 4.42. The zero-order valence-corrected chi connectivity index (χ0v) is 9.01. The number of aromatic amines is 1. The topological polar surface area (TPSA) is 46.5 Å². The molecule has 2 heterocycles. The van der Waals surface area contributed by atoms with Crippen molar-refractivity contribution in [3.63, 3.8) is 0 Å². The Hall–Kier alpha value is -2.10. The van der Waals surface area contributed by atoms with Crippen LogP contribution in [0.5, 0.6) is 0 Å². The minimum absolute atomic E-state index is 0.827. The highest BCUT2D eigenvalue weighted by atomic mass is 15.3. The molecule has 4 nitrogen and oxygen atoms in total. The summed E-state index contributed by atoms with van der Waals surface area (Å²) >= 11 is 0. The van der Waals surface area contributed by atoms with Crippen LogP contribution in [-0.4, -0.2) is 19.7 Å². The van der Waals surface area contributed by atoms with E-state index in [1.165, 1.54) is 0 Å². The Morgan fingerprint density at radius 1 is 1.25 bits per heavy atom. The second-order valence-electron chi connectivity index (χ2n) is 3.66. The Morgan fingerprint density at radius 3 is 2.88 bits per heavy atom. The van der Waals surface area contributed by atoms with Crippen molar-refractivity contribution in [2.45, 2.75) is 13.5 Å². The molecule has 0 atom stereocenters. The van der Waals surface area contributed by atoms with E-state index in [2.05, 4.69) is 22.0 Å². The van der Waals surface area contributed by atoms with Crippen molar-refractivity contribution in [2.24, 2.45) is 0 Å². The molecule has 2 aromatic heterocycles. The summed E-state index contributed by atoms with van der Waals surface area (Å²) < 4.78 is 1.89. The van der Waals surface area contributed by atoms with Crippen LogP contribution in [0.15, 0.2) is 36.5 Å². The lowest BCUT2D eigenvalue weighted by Gasteiger charge is -1.91. The average molecular weight is 212 g/mol. The third-order valence-electron chi connectivity index (χ3n) is 2.60. The van der Waals surface area contributed by atoms with Gasteiger partial charge in [0.25, 0.3) is 0 Å². The maximum Gasteiger partial charge on any atom is 0.159 e. The van der Waals surface area contributed by atoms with Crippen molar-refractivity contribution in [3.05, 3.63) is 36.5 Å². The van der Waals surface area contributed by atoms with Crippen LogP contribution in [0.4, 0.5) is 0 Å². The number of H-pyrrole nitrogens is 1. The Morgan fingerprint density at radius 2 is 2.12 bits per heavy atom. The smallest absolute Gasteiger partial charge is 0.159 e. The van der Waals surface area contributed by atoms with Crippen LogP contribution in [0.2, 0.25) is 0 Å². The molecule has 0 aliphatic rings. The van der Waals surface area contributed by atoms with E-state index < -0.39 is 0 Å². The number of hydrogen-bond donors (Lipinski definition) is 1. The highest BCUT2D eigenvalue weighted by Gasteiger charge is 2.06. The number of aromatic nitrogens is 4. The van der Waals surface area contributed by atoms with Crippen molar-refractivity contribution in [3.8, 4) is 11.5 Å². The molecule has 16 heavy (non-hydrogen) atoms. The number of para-hydroxylation sites is 2. The number of hydrogen-bond acceptors (Lipinski definition) is 2. The van der Waals surface area contributed by atoms with Gasteiger partial charge in [0, 0.05) is 12.7 Å². The maximum atomic E-state index is 4.50. The molecule has 1 aromatic carbocycles. The fourth-order valence-electron chi connectivity index (χ4n) is 1.74. The van der Waals surface area contributed by atoms with Crippen molar-refractivity contribution in [1.29, 1.82) is 0 Å². The van der Waals surface area contributed by atoms with E-state index in [4.69, 9.17) is 0 Å². The normalized spacial score (nSPS) is 11.1. The molecule has 80 valence electrons. The largest absolute Gasteiger partial charge is 0.337 e. The van der Waals surface area contributed by atoms with E-state index in [0.717, 1.165) is 29.1 Å². The van der Waals surface area contributed by atoms with Gasteiger partial charge in [0.2, 0.25) is 0 Å². The van der Waals surface area contributed by atoms with Crippen LogP contribution in [0.25, 0.3) is 22.6 Å². The van der Waals surface area contributed by atoms with Gasteiger partial charge in [-0.15, -0.1) is 0 Å². The van der Waals surface area contributed by atoms with Crippen LogP contribution in [0.3, 0.4) is 0 Å². The van der Waals surface area contributed by atoms with Crippen LogP contribution in [0.1, 0.15) is 6.92 Å². The lowest BCUT2D eigenvalue weighted by molar-refractivity contribution is 0.661. The van der Waals surface area contributed by atoms with Gasteiger partial charge in [0.15, 0.2) is 5.82 Å². The number of imidazole rings is 1. The van der Waals surface area contributed by atoms with Crippen molar-refractivity contribution >= 4 is 11.0 Å². The number of aryl methyl sites for hydroxylation is 1. The molecule has 0 saturated carbocycles. The molecule has 0 spiro atoms. The predicted molar refractivity (Wildman–Crippen MR) is 63.0 cm³/mol. The Kier molecular flexibility index (Phi) is 1.99. The summed E-state index contributed by atoms with van der Waals surface area (Å²) in [5.41, 5.74) is 2.91. The van der Waals surface area contributed by atoms with Gasteiger partial charge in [-0.2, -0.15) is 5.10 Å². The molecule has 0 amide bonds. The zero-order chi connectivity index (χ0) is 11.0. The lowest BCUT2D eigenvalue weighted by Crippen LogP contribution is -1.94. The summed E-state index contributed by atoms with van der Waals surface area (Å²) in [4.78, 5) is 7.76. The van der Waals surface area contributed by atoms with Crippen LogP contribution in [0, 0.1) is 0 Å². The Bertz CT molecular complexity index is 588. The first-order valence-corrected chi connectivity index (χ1v) is 5.35. The molecule has 3 aromatic rings. The lowest BCUT2D eigenvalue weighted by atomic mass is 10.3. The van der Waals surface area contributed by atoms with Gasteiger partial charge in [-0.05, 0) is 25.1 Å². The number of nitrogens with one attached hydrogen (secondary N) is 1. The van der Waals surface area contributed by atoms with Gasteiger partial charge in [0.05, 0.1) is 11.0 Å². The first kappa shape index (κ1) is 9.15. The van der Waals surface area contributed by atoms with Crippen molar-refractivity contribution in [1.82, 2.24) is 19.7 Å². The van der Waals surface area contributed by atoms with E-state index in [1.807, 2.05) is 41.2 Å². The van der Waals surface area contributed by atoms with Crippen molar-refractivity contribution < 1.29 is 0 Å². The Balaban J connectivity index is 2.11. The molecule has 0 aliphatic carbocycles. The minimum atomic E-state index is 0.827. The summed E-state index contributed by atoms with van der Waals surface area (Å²) in [6.07, 6.45) is 1.96. The van der Waals surface area contributed by atoms with E-state index in [9.17, 15) is 0 Å². The predicted octanol–water partition coefficient (Wildman–Crippen LogP) is 2.45. The zero-order valence-electron chi connectivity index (χ0n) is 9.01. The maximum absolute atomic E-state index is 4.50. The molecular formula is C12H12N4. The fraction of sp³-hybridized carbons (Fsp3) is 0.167. The Labute approximate surface area is 92.9 Å². The van der Waals surface area contributed by atoms with Gasteiger partial charge >= 0.3 is 0 Å². The second-order valence-corrected chi connectivity index (χ2v) is 3.66. The highest BCUT2D eigenvalue weighted by Crippen LogP contribution is 2.18.